The monoisotopic (exact) mass is 314 g/mol. The van der Waals surface area contributed by atoms with Crippen LogP contribution in [0.25, 0.3) is 6.08 Å². The lowest BCUT2D eigenvalue weighted by Crippen LogP contribution is -2.30. The zero-order chi connectivity index (χ0) is 17.6. The van der Waals surface area contributed by atoms with E-state index >= 15 is 0 Å². The van der Waals surface area contributed by atoms with Crippen molar-refractivity contribution in [2.24, 2.45) is 13.0 Å². The van der Waals surface area contributed by atoms with Crippen LogP contribution in [0.2, 0.25) is 0 Å². The Morgan fingerprint density at radius 2 is 2.13 bits per heavy atom. The number of carbonyl (C=O) groups excluding carboxylic acids is 1. The van der Waals surface area contributed by atoms with Crippen LogP contribution < -0.4 is 5.32 Å². The van der Waals surface area contributed by atoms with Crippen molar-refractivity contribution in [1.29, 1.82) is 10.5 Å². The van der Waals surface area contributed by atoms with Gasteiger partial charge in [-0.15, -0.1) is 0 Å². The van der Waals surface area contributed by atoms with Crippen molar-refractivity contribution < 1.29 is 9.90 Å². The van der Waals surface area contributed by atoms with Gasteiger partial charge in [0.2, 0.25) is 0 Å². The molecule has 0 spiro atoms. The lowest BCUT2D eigenvalue weighted by molar-refractivity contribution is -0.117. The summed E-state index contributed by atoms with van der Waals surface area (Å²) in [6, 6.07) is 5.61. The fourth-order valence-corrected chi connectivity index (χ4v) is 2.31. The molecule has 1 aromatic rings. The highest BCUT2D eigenvalue weighted by Crippen LogP contribution is 2.17. The number of nitrogens with zero attached hydrogens (tertiary/aromatic N) is 3. The number of hydrogen-bond acceptors (Lipinski definition) is 4. The molecule has 23 heavy (non-hydrogen) atoms. The Morgan fingerprint density at radius 1 is 1.48 bits per heavy atom. The van der Waals surface area contributed by atoms with E-state index in [2.05, 4.69) is 11.4 Å². The van der Waals surface area contributed by atoms with Crippen LogP contribution in [0.4, 0.5) is 0 Å². The number of aliphatic hydroxyl groups is 1. The summed E-state index contributed by atoms with van der Waals surface area (Å²) in [7, 11) is 1.76. The molecule has 0 bridgehead atoms. The molecular weight excluding hydrogens is 292 g/mol. The van der Waals surface area contributed by atoms with Crippen molar-refractivity contribution in [1.82, 2.24) is 9.88 Å². The Kier molecular flexibility index (Phi) is 6.56. The molecule has 0 aliphatic carbocycles. The summed E-state index contributed by atoms with van der Waals surface area (Å²) >= 11 is 0. The van der Waals surface area contributed by atoms with Crippen molar-refractivity contribution >= 4 is 12.0 Å². The van der Waals surface area contributed by atoms with Gasteiger partial charge < -0.3 is 15.0 Å². The lowest BCUT2D eigenvalue weighted by atomic mass is 10.0. The molecule has 6 nitrogen and oxygen atoms in total. The van der Waals surface area contributed by atoms with E-state index in [4.69, 9.17) is 5.26 Å². The van der Waals surface area contributed by atoms with Crippen LogP contribution in [0.5, 0.6) is 0 Å². The fraction of sp³-hybridized carbons (Fsp3) is 0.471. The third kappa shape index (κ3) is 4.98. The third-order valence-electron chi connectivity index (χ3n) is 3.71. The average Bonchev–Trinajstić information content (AvgIpc) is 2.77. The van der Waals surface area contributed by atoms with Crippen molar-refractivity contribution in [2.75, 3.05) is 6.54 Å². The fourth-order valence-electron chi connectivity index (χ4n) is 2.31. The molecule has 1 heterocycles. The maximum Gasteiger partial charge on any atom is 0.261 e. The van der Waals surface area contributed by atoms with Crippen molar-refractivity contribution in [3.05, 3.63) is 28.6 Å². The number of nitriles is 2. The van der Waals surface area contributed by atoms with Gasteiger partial charge in [-0.2, -0.15) is 10.5 Å². The summed E-state index contributed by atoms with van der Waals surface area (Å²) in [5, 5.41) is 30.2. The van der Waals surface area contributed by atoms with Gasteiger partial charge in [-0.25, -0.2) is 0 Å². The van der Waals surface area contributed by atoms with E-state index in [1.165, 1.54) is 6.08 Å². The smallest absolute Gasteiger partial charge is 0.261 e. The van der Waals surface area contributed by atoms with E-state index in [-0.39, 0.29) is 11.5 Å². The van der Waals surface area contributed by atoms with Crippen LogP contribution in [0.1, 0.15) is 37.2 Å². The number of carbonyl (C=O) groups is 1. The molecule has 0 aliphatic heterocycles. The molecule has 0 saturated heterocycles. The number of hydrogen-bond donors (Lipinski definition) is 2. The van der Waals surface area contributed by atoms with Gasteiger partial charge in [-0.05, 0) is 43.9 Å². The highest BCUT2D eigenvalue weighted by Gasteiger charge is 2.14. The molecular formula is C17H22N4O2. The molecule has 1 amide bonds. The van der Waals surface area contributed by atoms with E-state index in [9.17, 15) is 15.2 Å². The van der Waals surface area contributed by atoms with E-state index in [1.807, 2.05) is 19.9 Å². The molecule has 0 aliphatic rings. The number of aromatic nitrogens is 1. The standard InChI is InChI=1S/C17H22N4O2/c1-11(5-12(2)22)10-20-17(23)15(8-18)6-14-7-16(9-19)21(4)13(14)3/h6-7,11-12,22H,5,10H2,1-4H3,(H,20,23). The predicted octanol–water partition coefficient (Wildman–Crippen LogP) is 1.64. The van der Waals surface area contributed by atoms with Gasteiger partial charge in [0.05, 0.1) is 6.10 Å². The summed E-state index contributed by atoms with van der Waals surface area (Å²) < 4.78 is 1.71. The first kappa shape index (κ1) is 18.5. The maximum atomic E-state index is 12.1. The minimum absolute atomic E-state index is 0.00700. The predicted molar refractivity (Wildman–Crippen MR) is 86.9 cm³/mol. The topological polar surface area (TPSA) is 102 Å². The minimum atomic E-state index is -0.452. The first-order chi connectivity index (χ1) is 10.8. The second-order valence-electron chi connectivity index (χ2n) is 5.81. The van der Waals surface area contributed by atoms with Crippen LogP contribution in [0.3, 0.4) is 0 Å². The second kappa shape index (κ2) is 8.17. The molecule has 122 valence electrons. The van der Waals surface area contributed by atoms with E-state index in [1.54, 1.807) is 24.6 Å². The molecule has 2 unspecified atom stereocenters. The summed E-state index contributed by atoms with van der Waals surface area (Å²) in [6.45, 7) is 5.83. The molecule has 1 aromatic heterocycles. The first-order valence-corrected chi connectivity index (χ1v) is 7.44. The largest absolute Gasteiger partial charge is 0.393 e. The van der Waals surface area contributed by atoms with Crippen LogP contribution in [-0.2, 0) is 11.8 Å². The van der Waals surface area contributed by atoms with E-state index in [0.717, 1.165) is 5.69 Å². The first-order valence-electron chi connectivity index (χ1n) is 7.44. The van der Waals surface area contributed by atoms with E-state index in [0.29, 0.717) is 24.2 Å². The van der Waals surface area contributed by atoms with Gasteiger partial charge in [-0.3, -0.25) is 4.79 Å². The molecule has 2 atom stereocenters. The number of nitrogens with one attached hydrogen (secondary N) is 1. The van der Waals surface area contributed by atoms with E-state index < -0.39 is 12.0 Å². The molecule has 6 heteroatoms. The number of rotatable bonds is 6. The highest BCUT2D eigenvalue weighted by atomic mass is 16.3. The molecule has 1 rings (SSSR count). The van der Waals surface area contributed by atoms with Gasteiger partial charge in [0.25, 0.3) is 5.91 Å². The number of aliphatic hydroxyl groups excluding tert-OH is 1. The van der Waals surface area contributed by atoms with Crippen molar-refractivity contribution in [3.8, 4) is 12.1 Å². The quantitative estimate of drug-likeness (QED) is 0.615. The summed E-state index contributed by atoms with van der Waals surface area (Å²) in [5.74, 6) is -0.339. The maximum absolute atomic E-state index is 12.1. The van der Waals surface area contributed by atoms with Gasteiger partial charge >= 0.3 is 0 Å². The Bertz CT molecular complexity index is 687. The normalized spacial score (nSPS) is 13.8. The summed E-state index contributed by atoms with van der Waals surface area (Å²) in [5.41, 5.74) is 1.95. The van der Waals surface area contributed by atoms with Crippen molar-refractivity contribution in [3.63, 3.8) is 0 Å². The summed E-state index contributed by atoms with van der Waals surface area (Å²) in [6.07, 6.45) is 1.64. The van der Waals surface area contributed by atoms with Crippen LogP contribution >= 0.6 is 0 Å². The van der Waals surface area contributed by atoms with Gasteiger partial charge in [0, 0.05) is 19.3 Å². The second-order valence-corrected chi connectivity index (χ2v) is 5.81. The third-order valence-corrected chi connectivity index (χ3v) is 3.71. The van der Waals surface area contributed by atoms with Crippen LogP contribution in [0.15, 0.2) is 11.6 Å². The molecule has 0 radical (unpaired) electrons. The Morgan fingerprint density at radius 3 is 2.61 bits per heavy atom. The van der Waals surface area contributed by atoms with Gasteiger partial charge in [0.1, 0.15) is 23.4 Å². The minimum Gasteiger partial charge on any atom is -0.393 e. The molecule has 0 fully saturated rings. The zero-order valence-electron chi connectivity index (χ0n) is 13.9. The Labute approximate surface area is 136 Å². The molecule has 0 saturated carbocycles. The highest BCUT2D eigenvalue weighted by molar-refractivity contribution is 6.01. The SMILES string of the molecule is Cc1c(C=C(C#N)C(=O)NCC(C)CC(C)O)cc(C#N)n1C. The van der Waals surface area contributed by atoms with Crippen LogP contribution in [-0.4, -0.2) is 28.2 Å². The van der Waals surface area contributed by atoms with Crippen LogP contribution in [0, 0.1) is 35.5 Å². The Hall–Kier alpha value is -2.57. The van der Waals surface area contributed by atoms with Gasteiger partial charge in [0.15, 0.2) is 0 Å². The Balaban J connectivity index is 2.86. The molecule has 2 N–H and O–H groups in total. The van der Waals surface area contributed by atoms with Crippen molar-refractivity contribution in [2.45, 2.75) is 33.3 Å². The number of amides is 1. The van der Waals surface area contributed by atoms with Gasteiger partial charge in [-0.1, -0.05) is 6.92 Å². The molecule has 0 aromatic carbocycles. The zero-order valence-corrected chi connectivity index (χ0v) is 13.9. The lowest BCUT2D eigenvalue weighted by Gasteiger charge is -2.13. The summed E-state index contributed by atoms with van der Waals surface area (Å²) in [4.78, 5) is 12.1. The average molecular weight is 314 g/mol.